The van der Waals surface area contributed by atoms with Crippen LogP contribution in [-0.2, 0) is 9.47 Å². The molecule has 138 valence electrons. The second kappa shape index (κ2) is 5.98. The summed E-state index contributed by atoms with van der Waals surface area (Å²) in [5.74, 6) is 1.76. The summed E-state index contributed by atoms with van der Waals surface area (Å²) in [5, 5.41) is 10.9. The number of aliphatic imine (C=N–C) groups is 1. The zero-order valence-corrected chi connectivity index (χ0v) is 15.1. The maximum absolute atomic E-state index is 10.9. The van der Waals surface area contributed by atoms with Crippen LogP contribution in [0.2, 0.25) is 0 Å². The average Bonchev–Trinajstić information content (AvgIpc) is 2.51. The fraction of sp³-hybridized carbons (Fsp3) is 0.850. The summed E-state index contributed by atoms with van der Waals surface area (Å²) in [6.45, 7) is 2.72. The van der Waals surface area contributed by atoms with Crippen molar-refractivity contribution in [2.75, 3.05) is 6.61 Å². The van der Waals surface area contributed by atoms with E-state index in [9.17, 15) is 5.11 Å². The zero-order chi connectivity index (χ0) is 17.0. The van der Waals surface area contributed by atoms with Crippen molar-refractivity contribution < 1.29 is 14.6 Å². The van der Waals surface area contributed by atoms with Crippen LogP contribution in [0.15, 0.2) is 17.3 Å². The second-order valence-corrected chi connectivity index (χ2v) is 8.86. The van der Waals surface area contributed by atoms with Crippen LogP contribution >= 0.6 is 0 Å². The molecule has 3 unspecified atom stereocenters. The topological polar surface area (TPSA) is 54.3 Å². The van der Waals surface area contributed by atoms with E-state index in [1.807, 2.05) is 13.1 Å². The van der Waals surface area contributed by atoms with Gasteiger partial charge in [0.15, 0.2) is 6.23 Å². The Kier molecular flexibility index (Phi) is 3.86. The van der Waals surface area contributed by atoms with E-state index in [0.29, 0.717) is 36.5 Å². The maximum Gasteiger partial charge on any atom is 0.294 e. The van der Waals surface area contributed by atoms with Crippen molar-refractivity contribution in [3.63, 3.8) is 0 Å². The van der Waals surface area contributed by atoms with E-state index in [2.05, 4.69) is 16.0 Å². The number of rotatable bonds is 4. The van der Waals surface area contributed by atoms with E-state index >= 15 is 0 Å². The molecule has 5 nitrogen and oxygen atoms in total. The third-order valence-electron chi connectivity index (χ3n) is 7.10. The van der Waals surface area contributed by atoms with Crippen LogP contribution in [0.3, 0.4) is 0 Å². The van der Waals surface area contributed by atoms with Crippen molar-refractivity contribution in [3.05, 3.63) is 12.3 Å². The van der Waals surface area contributed by atoms with E-state index in [1.54, 1.807) is 0 Å². The minimum atomic E-state index is -0.411. The van der Waals surface area contributed by atoms with E-state index in [-0.39, 0.29) is 6.23 Å². The first-order chi connectivity index (χ1) is 12.1. The molecule has 0 spiro atoms. The molecule has 0 amide bonds. The van der Waals surface area contributed by atoms with Crippen LogP contribution in [-0.4, -0.2) is 46.6 Å². The van der Waals surface area contributed by atoms with Gasteiger partial charge in [-0.05, 0) is 82.1 Å². The van der Waals surface area contributed by atoms with Gasteiger partial charge in [0.25, 0.3) is 6.02 Å². The van der Waals surface area contributed by atoms with Gasteiger partial charge in [-0.3, -0.25) is 4.90 Å². The molecule has 0 aromatic carbocycles. The van der Waals surface area contributed by atoms with Gasteiger partial charge in [0, 0.05) is 18.8 Å². The van der Waals surface area contributed by atoms with Crippen molar-refractivity contribution in [1.82, 2.24) is 4.90 Å². The summed E-state index contributed by atoms with van der Waals surface area (Å²) in [5.41, 5.74) is -0.411. The molecule has 0 aromatic rings. The molecule has 6 rings (SSSR count). The lowest BCUT2D eigenvalue weighted by atomic mass is 9.52. The fourth-order valence-electron chi connectivity index (χ4n) is 6.19. The summed E-state index contributed by atoms with van der Waals surface area (Å²) in [6, 6.07) is 1.15. The molecule has 0 aromatic heterocycles. The predicted octanol–water partition coefficient (Wildman–Crippen LogP) is 3.04. The van der Waals surface area contributed by atoms with Crippen molar-refractivity contribution in [1.29, 1.82) is 0 Å². The Morgan fingerprint density at radius 1 is 1.24 bits per heavy atom. The van der Waals surface area contributed by atoms with Gasteiger partial charge in [-0.15, -0.1) is 0 Å². The van der Waals surface area contributed by atoms with Crippen molar-refractivity contribution in [2.45, 2.75) is 82.3 Å². The summed E-state index contributed by atoms with van der Waals surface area (Å²) in [6.07, 6.45) is 13.0. The summed E-state index contributed by atoms with van der Waals surface area (Å²) in [7, 11) is 0. The molecule has 0 radical (unpaired) electrons. The summed E-state index contributed by atoms with van der Waals surface area (Å²) in [4.78, 5) is 6.94. The Labute approximate surface area is 150 Å². The van der Waals surface area contributed by atoms with Gasteiger partial charge in [-0.1, -0.05) is 0 Å². The van der Waals surface area contributed by atoms with E-state index in [4.69, 9.17) is 9.47 Å². The molecular weight excluding hydrogens is 316 g/mol. The molecule has 1 heterocycles. The lowest BCUT2D eigenvalue weighted by Gasteiger charge is -2.61. The van der Waals surface area contributed by atoms with Crippen molar-refractivity contribution in [2.24, 2.45) is 22.7 Å². The van der Waals surface area contributed by atoms with Gasteiger partial charge in [0.05, 0.1) is 5.60 Å². The van der Waals surface area contributed by atoms with Gasteiger partial charge in [-0.2, -0.15) is 0 Å². The molecule has 0 saturated heterocycles. The van der Waals surface area contributed by atoms with Crippen LogP contribution in [0, 0.1) is 17.8 Å². The third-order valence-corrected chi connectivity index (χ3v) is 7.10. The van der Waals surface area contributed by atoms with Crippen LogP contribution in [0.5, 0.6) is 0 Å². The molecule has 5 saturated carbocycles. The quantitative estimate of drug-likeness (QED) is 0.850. The predicted molar refractivity (Wildman–Crippen MR) is 94.8 cm³/mol. The molecule has 4 bridgehead atoms. The van der Waals surface area contributed by atoms with Crippen molar-refractivity contribution in [3.8, 4) is 0 Å². The number of hydrogen-bond donors (Lipinski definition) is 1. The third kappa shape index (κ3) is 2.71. The van der Waals surface area contributed by atoms with Gasteiger partial charge < -0.3 is 14.6 Å². The highest BCUT2D eigenvalue weighted by molar-refractivity contribution is 5.76. The van der Waals surface area contributed by atoms with Crippen LogP contribution in [0.25, 0.3) is 0 Å². The molecule has 5 fully saturated rings. The molecule has 5 aliphatic carbocycles. The highest BCUT2D eigenvalue weighted by Gasteiger charge is 2.57. The summed E-state index contributed by atoms with van der Waals surface area (Å²) >= 11 is 0. The first-order valence-electron chi connectivity index (χ1n) is 10.2. The Balaban J connectivity index is 1.43. The molecule has 5 heteroatoms. The molecular formula is C20H30N2O3. The fourth-order valence-corrected chi connectivity index (χ4v) is 6.19. The molecule has 1 N–H and O–H groups in total. The SMILES string of the molecule is CCOC1C=CN=C(OC2CCC2)N1[C@H]1C2CC3CC1C[C@@](O)(C3)C2. The number of amidine groups is 1. The molecule has 6 aliphatic rings. The van der Waals surface area contributed by atoms with E-state index in [1.165, 1.54) is 19.3 Å². The number of aliphatic hydroxyl groups is 1. The lowest BCUT2D eigenvalue weighted by molar-refractivity contribution is -0.171. The molecule has 25 heavy (non-hydrogen) atoms. The second-order valence-electron chi connectivity index (χ2n) is 8.86. The normalized spacial score (nSPS) is 45.4. The highest BCUT2D eigenvalue weighted by Crippen LogP contribution is 2.57. The lowest BCUT2D eigenvalue weighted by Crippen LogP contribution is -2.65. The van der Waals surface area contributed by atoms with Gasteiger partial charge in [0.1, 0.15) is 6.10 Å². The first-order valence-corrected chi connectivity index (χ1v) is 10.2. The Bertz CT molecular complexity index is 569. The zero-order valence-electron chi connectivity index (χ0n) is 15.1. The summed E-state index contributed by atoms with van der Waals surface area (Å²) < 4.78 is 12.3. The van der Waals surface area contributed by atoms with Crippen LogP contribution in [0.4, 0.5) is 0 Å². The van der Waals surface area contributed by atoms with Crippen LogP contribution in [0.1, 0.15) is 58.3 Å². The van der Waals surface area contributed by atoms with Gasteiger partial charge >= 0.3 is 0 Å². The van der Waals surface area contributed by atoms with Crippen LogP contribution < -0.4 is 0 Å². The standard InChI is InChI=1S/C20H30N2O3/c1-2-24-17-6-7-21-19(25-16-4-3-5-16)22(17)18-14-8-13-9-15(18)12-20(23,10-13)11-14/h6-7,13-18,23H,2-5,8-12H2,1H3/t13?,14?,15?,17?,18-,20+. The minimum Gasteiger partial charge on any atom is -0.462 e. The maximum atomic E-state index is 10.9. The smallest absolute Gasteiger partial charge is 0.294 e. The molecule has 1 aliphatic heterocycles. The Morgan fingerprint density at radius 2 is 2.00 bits per heavy atom. The number of ether oxygens (including phenoxy) is 2. The number of nitrogens with zero attached hydrogens (tertiary/aromatic N) is 2. The number of hydrogen-bond acceptors (Lipinski definition) is 5. The largest absolute Gasteiger partial charge is 0.462 e. The van der Waals surface area contributed by atoms with E-state index < -0.39 is 5.60 Å². The first kappa shape index (κ1) is 16.1. The van der Waals surface area contributed by atoms with Crippen molar-refractivity contribution >= 4 is 6.02 Å². The highest BCUT2D eigenvalue weighted by atomic mass is 16.5. The average molecular weight is 346 g/mol. The Hall–Kier alpha value is -1.07. The minimum absolute atomic E-state index is 0.0882. The van der Waals surface area contributed by atoms with Gasteiger partial charge in [-0.25, -0.2) is 4.99 Å². The van der Waals surface area contributed by atoms with E-state index in [0.717, 1.165) is 38.1 Å². The molecule has 3 atom stereocenters. The Morgan fingerprint density at radius 3 is 2.60 bits per heavy atom. The monoisotopic (exact) mass is 346 g/mol. The van der Waals surface area contributed by atoms with Gasteiger partial charge in [0.2, 0.25) is 0 Å².